The highest BCUT2D eigenvalue weighted by molar-refractivity contribution is 7.86. The fraction of sp³-hybridized carbons (Fsp3) is 1.00. The average Bonchev–Trinajstić information content (AvgIpc) is 2.43. The predicted octanol–water partition coefficient (Wildman–Crippen LogP) is 3.83. The highest BCUT2D eigenvalue weighted by Crippen LogP contribution is 2.23. The number of rotatable bonds is 14. The first-order valence-electron chi connectivity index (χ1n) is 9.04. The zero-order chi connectivity index (χ0) is 17.1. The SMILES string of the molecule is CCCCCCCCCCCCCC(C)C(C)([NH3+])S(=O)(=O)[O-]. The van der Waals surface area contributed by atoms with E-state index >= 15 is 0 Å². The van der Waals surface area contributed by atoms with Gasteiger partial charge in [0.25, 0.3) is 0 Å². The Morgan fingerprint density at radius 3 is 1.64 bits per heavy atom. The molecule has 0 bridgehead atoms. The van der Waals surface area contributed by atoms with Gasteiger partial charge < -0.3 is 10.3 Å². The molecule has 0 aromatic rings. The van der Waals surface area contributed by atoms with Gasteiger partial charge in [0, 0.05) is 12.8 Å². The molecule has 0 fully saturated rings. The lowest BCUT2D eigenvalue weighted by atomic mass is 9.96. The molecule has 0 saturated carbocycles. The fourth-order valence-electron chi connectivity index (χ4n) is 2.67. The van der Waals surface area contributed by atoms with E-state index in [1.54, 1.807) is 0 Å². The van der Waals surface area contributed by atoms with Gasteiger partial charge >= 0.3 is 0 Å². The van der Waals surface area contributed by atoms with E-state index in [-0.39, 0.29) is 5.92 Å². The molecule has 0 spiro atoms. The summed E-state index contributed by atoms with van der Waals surface area (Å²) in [6.07, 6.45) is 14.8. The van der Waals surface area contributed by atoms with E-state index in [1.807, 2.05) is 6.92 Å². The topological polar surface area (TPSA) is 84.8 Å². The molecule has 0 saturated heterocycles. The molecule has 4 nitrogen and oxygen atoms in total. The first kappa shape index (κ1) is 21.9. The Morgan fingerprint density at radius 2 is 1.27 bits per heavy atom. The van der Waals surface area contributed by atoms with E-state index in [9.17, 15) is 13.0 Å². The largest absolute Gasteiger partial charge is 0.743 e. The van der Waals surface area contributed by atoms with Gasteiger partial charge in [-0.3, -0.25) is 0 Å². The molecule has 0 amide bonds. The van der Waals surface area contributed by atoms with Crippen LogP contribution in [0.25, 0.3) is 0 Å². The van der Waals surface area contributed by atoms with Gasteiger partial charge in [-0.2, -0.15) is 0 Å². The lowest BCUT2D eigenvalue weighted by Crippen LogP contribution is -2.77. The summed E-state index contributed by atoms with van der Waals surface area (Å²) >= 11 is 0. The van der Waals surface area contributed by atoms with Crippen molar-refractivity contribution in [1.82, 2.24) is 0 Å². The van der Waals surface area contributed by atoms with E-state index < -0.39 is 15.0 Å². The second kappa shape index (κ2) is 11.4. The van der Waals surface area contributed by atoms with Gasteiger partial charge in [0.05, 0.1) is 0 Å². The lowest BCUT2D eigenvalue weighted by molar-refractivity contribution is -0.450. The normalized spacial score (nSPS) is 16.4. The van der Waals surface area contributed by atoms with Crippen molar-refractivity contribution >= 4 is 10.1 Å². The van der Waals surface area contributed by atoms with Crippen molar-refractivity contribution in [2.24, 2.45) is 5.92 Å². The molecule has 0 heterocycles. The minimum Gasteiger partial charge on any atom is -0.743 e. The number of unbranched alkanes of at least 4 members (excludes halogenated alkanes) is 10. The third-order valence-electron chi connectivity index (χ3n) is 4.85. The Morgan fingerprint density at radius 1 is 0.909 bits per heavy atom. The van der Waals surface area contributed by atoms with Crippen molar-refractivity contribution in [3.63, 3.8) is 0 Å². The van der Waals surface area contributed by atoms with Crippen molar-refractivity contribution in [2.75, 3.05) is 0 Å². The first-order valence-corrected chi connectivity index (χ1v) is 10.4. The Hall–Kier alpha value is -0.130. The van der Waals surface area contributed by atoms with E-state index in [0.29, 0.717) is 0 Å². The van der Waals surface area contributed by atoms with Gasteiger partial charge in [0.2, 0.25) is 0 Å². The van der Waals surface area contributed by atoms with Gasteiger partial charge in [-0.25, -0.2) is 8.42 Å². The lowest BCUT2D eigenvalue weighted by Gasteiger charge is -2.30. The maximum atomic E-state index is 11.2. The smallest absolute Gasteiger partial charge is 0.184 e. The Kier molecular flexibility index (Phi) is 11.3. The van der Waals surface area contributed by atoms with Crippen LogP contribution in [-0.4, -0.2) is 17.8 Å². The summed E-state index contributed by atoms with van der Waals surface area (Å²) in [4.78, 5) is -1.40. The Balaban J connectivity index is 3.54. The van der Waals surface area contributed by atoms with E-state index in [2.05, 4.69) is 12.7 Å². The van der Waals surface area contributed by atoms with Crippen molar-refractivity contribution in [2.45, 2.75) is 103 Å². The first-order chi connectivity index (χ1) is 10.2. The van der Waals surface area contributed by atoms with Crippen LogP contribution in [0.1, 0.15) is 97.8 Å². The summed E-state index contributed by atoms with van der Waals surface area (Å²) in [5.41, 5.74) is 3.61. The van der Waals surface area contributed by atoms with E-state index in [1.165, 1.54) is 64.7 Å². The zero-order valence-electron chi connectivity index (χ0n) is 14.9. The molecule has 0 aliphatic rings. The average molecular weight is 336 g/mol. The van der Waals surface area contributed by atoms with E-state index in [4.69, 9.17) is 0 Å². The van der Waals surface area contributed by atoms with Crippen molar-refractivity contribution in [3.8, 4) is 0 Å². The van der Waals surface area contributed by atoms with Crippen LogP contribution in [0.15, 0.2) is 0 Å². The number of hydrogen-bond acceptors (Lipinski definition) is 3. The summed E-state index contributed by atoms with van der Waals surface area (Å²) in [5, 5.41) is 0. The van der Waals surface area contributed by atoms with E-state index in [0.717, 1.165) is 19.3 Å². The summed E-state index contributed by atoms with van der Waals surface area (Å²) in [7, 11) is -4.33. The molecule has 2 unspecified atom stereocenters. The second-order valence-electron chi connectivity index (χ2n) is 6.99. The molecule has 0 aliphatic carbocycles. The van der Waals surface area contributed by atoms with Gasteiger partial charge in [0.1, 0.15) is 0 Å². The monoisotopic (exact) mass is 335 g/mol. The summed E-state index contributed by atoms with van der Waals surface area (Å²) in [6.45, 7) is 5.50. The molecule has 0 rings (SSSR count). The van der Waals surface area contributed by atoms with Crippen LogP contribution in [0, 0.1) is 5.92 Å². The van der Waals surface area contributed by atoms with Crippen LogP contribution in [0.4, 0.5) is 0 Å². The minimum absolute atomic E-state index is 0.187. The third-order valence-corrected chi connectivity index (χ3v) is 6.40. The predicted molar refractivity (Wildman–Crippen MR) is 91.2 cm³/mol. The van der Waals surface area contributed by atoms with Gasteiger partial charge in [0.15, 0.2) is 15.0 Å². The van der Waals surface area contributed by atoms with Crippen molar-refractivity contribution in [3.05, 3.63) is 0 Å². The molecule has 5 heteroatoms. The van der Waals surface area contributed by atoms with Crippen molar-refractivity contribution in [1.29, 1.82) is 0 Å². The highest BCUT2D eigenvalue weighted by atomic mass is 32.2. The maximum absolute atomic E-state index is 11.2. The molecule has 2 atom stereocenters. The molecule has 134 valence electrons. The number of hydrogen-bond donors (Lipinski definition) is 1. The van der Waals surface area contributed by atoms with Crippen LogP contribution in [0.3, 0.4) is 0 Å². The summed E-state index contributed by atoms with van der Waals surface area (Å²) in [6, 6.07) is 0. The third kappa shape index (κ3) is 9.11. The fourth-order valence-corrected chi connectivity index (χ4v) is 3.28. The minimum atomic E-state index is -4.33. The van der Waals surface area contributed by atoms with Gasteiger partial charge in [-0.05, 0) is 6.42 Å². The molecule has 0 aromatic heterocycles. The zero-order valence-corrected chi connectivity index (χ0v) is 15.7. The summed E-state index contributed by atoms with van der Waals surface area (Å²) < 4.78 is 33.5. The Bertz CT molecular complexity index is 366. The standard InChI is InChI=1S/C17H37NO3S/c1-4-5-6-7-8-9-10-11-12-13-14-15-16(2)17(3,18)22(19,20)21/h16H,4-15,18H2,1-3H3,(H,19,20,21). The second-order valence-corrected chi connectivity index (χ2v) is 8.83. The van der Waals surface area contributed by atoms with Crippen LogP contribution in [0.2, 0.25) is 0 Å². The van der Waals surface area contributed by atoms with Gasteiger partial charge in [-0.15, -0.1) is 0 Å². The molecular formula is C17H37NO3S. The summed E-state index contributed by atoms with van der Waals surface area (Å²) in [5.74, 6) is -0.187. The molecule has 0 aliphatic heterocycles. The van der Waals surface area contributed by atoms with Crippen LogP contribution >= 0.6 is 0 Å². The quantitative estimate of drug-likeness (QED) is 0.387. The maximum Gasteiger partial charge on any atom is 0.184 e. The molecular weight excluding hydrogens is 298 g/mol. The van der Waals surface area contributed by atoms with Crippen LogP contribution < -0.4 is 5.73 Å². The molecule has 0 radical (unpaired) electrons. The highest BCUT2D eigenvalue weighted by Gasteiger charge is 2.37. The van der Waals surface area contributed by atoms with Crippen molar-refractivity contribution < 1.29 is 18.7 Å². The molecule has 3 N–H and O–H groups in total. The molecule has 22 heavy (non-hydrogen) atoms. The molecule has 0 aromatic carbocycles. The van der Waals surface area contributed by atoms with Crippen LogP contribution in [0.5, 0.6) is 0 Å². The Labute approximate surface area is 138 Å². The van der Waals surface area contributed by atoms with Crippen LogP contribution in [-0.2, 0) is 10.1 Å². The number of quaternary nitrogens is 1. The van der Waals surface area contributed by atoms with Gasteiger partial charge in [-0.1, -0.05) is 84.5 Å².